The minimum Gasteiger partial charge on any atom is -0.453 e. The van der Waals surface area contributed by atoms with Crippen LogP contribution in [0, 0.1) is 0 Å². The van der Waals surface area contributed by atoms with Gasteiger partial charge in [0.15, 0.2) is 23.0 Å². The van der Waals surface area contributed by atoms with Gasteiger partial charge in [0, 0.05) is 48.0 Å². The number of thiophene rings is 1. The summed E-state index contributed by atoms with van der Waals surface area (Å²) in [5, 5.41) is 4.90. The maximum absolute atomic E-state index is 6.63. The van der Waals surface area contributed by atoms with Crippen molar-refractivity contribution in [2.24, 2.45) is 0 Å². The van der Waals surface area contributed by atoms with Crippen LogP contribution in [0.1, 0.15) is 0 Å². The Morgan fingerprint density at radius 1 is 0.377 bits per heavy atom. The van der Waals surface area contributed by atoms with Crippen LogP contribution >= 0.6 is 11.3 Å². The summed E-state index contributed by atoms with van der Waals surface area (Å²) in [6.45, 7) is 0. The topological polar surface area (TPSA) is 26.6 Å². The van der Waals surface area contributed by atoms with Crippen molar-refractivity contribution in [3.05, 3.63) is 170 Å². The molecule has 0 amide bonds. The van der Waals surface area contributed by atoms with Crippen molar-refractivity contribution in [2.45, 2.75) is 0 Å². The molecule has 0 saturated heterocycles. The highest BCUT2D eigenvalue weighted by molar-refractivity contribution is 7.25. The molecule has 0 N–H and O–H groups in total. The molecule has 53 heavy (non-hydrogen) atoms. The van der Waals surface area contributed by atoms with E-state index in [-0.39, 0.29) is 0 Å². The van der Waals surface area contributed by atoms with Crippen LogP contribution in [0.25, 0.3) is 69.9 Å². The molecule has 5 heteroatoms. The first-order chi connectivity index (χ1) is 26.2. The fourth-order valence-electron chi connectivity index (χ4n) is 8.36. The number of hydrogen-bond acceptors (Lipinski definition) is 4. The number of aromatic nitrogens is 1. The van der Waals surface area contributed by atoms with E-state index >= 15 is 0 Å². The van der Waals surface area contributed by atoms with E-state index in [4.69, 9.17) is 9.47 Å². The molecule has 0 aliphatic carbocycles. The van der Waals surface area contributed by atoms with Crippen LogP contribution in [0.2, 0.25) is 0 Å². The number of rotatable bonds is 5. The molecule has 12 rings (SSSR count). The molecule has 0 spiro atoms. The van der Waals surface area contributed by atoms with Gasteiger partial charge in [0.2, 0.25) is 0 Å². The Hall–Kier alpha value is -6.82. The quantitative estimate of drug-likeness (QED) is 0.179. The highest BCUT2D eigenvalue weighted by Gasteiger charge is 2.32. The van der Waals surface area contributed by atoms with Gasteiger partial charge in [0.1, 0.15) is 5.69 Å². The second kappa shape index (κ2) is 10.8. The van der Waals surface area contributed by atoms with Gasteiger partial charge in [-0.3, -0.25) is 4.57 Å². The lowest BCUT2D eigenvalue weighted by Crippen LogP contribution is -2.10. The Morgan fingerprint density at radius 3 is 1.91 bits per heavy atom. The molecule has 0 fully saturated rings. The molecule has 0 atom stereocenters. The average Bonchev–Trinajstić information content (AvgIpc) is 3.76. The Kier molecular flexibility index (Phi) is 5.90. The summed E-state index contributed by atoms with van der Waals surface area (Å²) in [6, 6.07) is 60.7. The number of anilines is 3. The third-order valence-corrected chi connectivity index (χ3v) is 11.9. The molecule has 2 aliphatic heterocycles. The van der Waals surface area contributed by atoms with E-state index in [2.05, 4.69) is 161 Å². The van der Waals surface area contributed by atoms with Gasteiger partial charge in [0.05, 0.1) is 11.0 Å². The van der Waals surface area contributed by atoms with Crippen molar-refractivity contribution >= 4 is 70.4 Å². The van der Waals surface area contributed by atoms with Gasteiger partial charge in [-0.05, 0) is 95.1 Å². The molecule has 10 aromatic rings. The second-order valence-electron chi connectivity index (χ2n) is 13.7. The van der Waals surface area contributed by atoms with Crippen molar-refractivity contribution in [2.75, 3.05) is 4.90 Å². The minimum absolute atomic E-state index is 0.805. The van der Waals surface area contributed by atoms with E-state index in [1.54, 1.807) is 0 Å². The molecule has 0 radical (unpaired) electrons. The lowest BCUT2D eigenvalue weighted by Gasteiger charge is -2.27. The highest BCUT2D eigenvalue weighted by Crippen LogP contribution is 2.54. The summed E-state index contributed by atoms with van der Waals surface area (Å²) in [6.07, 6.45) is 0. The second-order valence-corrected chi connectivity index (χ2v) is 14.8. The molecule has 2 aromatic heterocycles. The zero-order chi connectivity index (χ0) is 34.6. The van der Waals surface area contributed by atoms with Crippen molar-refractivity contribution in [1.29, 1.82) is 0 Å². The van der Waals surface area contributed by atoms with Crippen molar-refractivity contribution < 1.29 is 9.47 Å². The number of fused-ring (bicyclic) bond motifs is 4. The number of ether oxygens (including phenoxy) is 2. The smallest absolute Gasteiger partial charge is 0.155 e. The minimum atomic E-state index is 0.805. The molecular weight excluding hydrogens is 669 g/mol. The first-order valence-electron chi connectivity index (χ1n) is 17.8. The van der Waals surface area contributed by atoms with Crippen LogP contribution in [0.15, 0.2) is 170 Å². The first-order valence-corrected chi connectivity index (χ1v) is 18.6. The molecule has 8 aromatic carbocycles. The summed E-state index contributed by atoms with van der Waals surface area (Å²) >= 11 is 1.85. The predicted octanol–water partition coefficient (Wildman–Crippen LogP) is 14.2. The van der Waals surface area contributed by atoms with Crippen LogP contribution in [-0.2, 0) is 0 Å². The normalized spacial score (nSPS) is 12.5. The van der Waals surface area contributed by atoms with E-state index in [1.165, 1.54) is 31.3 Å². The largest absolute Gasteiger partial charge is 0.453 e. The third-order valence-electron chi connectivity index (χ3n) is 10.7. The third kappa shape index (κ3) is 4.23. The maximum Gasteiger partial charge on any atom is 0.155 e. The Bertz CT molecular complexity index is 3120. The van der Waals surface area contributed by atoms with Gasteiger partial charge in [0.25, 0.3) is 0 Å². The lowest BCUT2D eigenvalue weighted by atomic mass is 10.0. The predicted molar refractivity (Wildman–Crippen MR) is 219 cm³/mol. The Morgan fingerprint density at radius 2 is 1.02 bits per heavy atom. The van der Waals surface area contributed by atoms with Gasteiger partial charge >= 0.3 is 0 Å². The molecule has 0 unspecified atom stereocenters. The van der Waals surface area contributed by atoms with Gasteiger partial charge in [-0.2, -0.15) is 0 Å². The summed E-state index contributed by atoms with van der Waals surface area (Å²) < 4.78 is 17.9. The van der Waals surface area contributed by atoms with Gasteiger partial charge in [-0.25, -0.2) is 0 Å². The van der Waals surface area contributed by atoms with Crippen LogP contribution in [0.4, 0.5) is 17.1 Å². The lowest BCUT2D eigenvalue weighted by molar-refractivity contribution is 0.444. The molecule has 248 valence electrons. The molecule has 4 heterocycles. The van der Waals surface area contributed by atoms with E-state index in [0.717, 1.165) is 78.7 Å². The molecular formula is C48H28N2O2S. The molecule has 0 bridgehead atoms. The van der Waals surface area contributed by atoms with Gasteiger partial charge < -0.3 is 14.4 Å². The number of para-hydroxylation sites is 2. The van der Waals surface area contributed by atoms with E-state index in [0.29, 0.717) is 0 Å². The van der Waals surface area contributed by atoms with Gasteiger partial charge in [-0.15, -0.1) is 11.3 Å². The van der Waals surface area contributed by atoms with E-state index in [1.807, 2.05) is 29.5 Å². The zero-order valence-corrected chi connectivity index (χ0v) is 29.1. The SMILES string of the molecule is c1ccc(-c2cccc(N(c3ccc(-c4cc5c6c(c4)c4cccc7c4n6-c4c(cccc4O5)O7)cc3)c3ccc4c(c3)sc3ccccc34)c2)cc1. The van der Waals surface area contributed by atoms with Gasteiger partial charge in [-0.1, -0.05) is 97.1 Å². The average molecular weight is 697 g/mol. The van der Waals surface area contributed by atoms with Crippen LogP contribution in [0.5, 0.6) is 23.0 Å². The van der Waals surface area contributed by atoms with Crippen LogP contribution in [0.3, 0.4) is 0 Å². The fourth-order valence-corrected chi connectivity index (χ4v) is 9.50. The van der Waals surface area contributed by atoms with E-state index < -0.39 is 0 Å². The summed E-state index contributed by atoms with van der Waals surface area (Å²) in [5.74, 6) is 3.34. The molecule has 4 nitrogen and oxygen atoms in total. The standard InChI is InChI=1S/C48H28N2O2S/c1-2-9-29(10-3-1)31-11-6-12-34(25-31)49(35-23-24-37-36-13-4-5-18-44(36)53-45(37)28-35)33-21-19-30(20-22-33)32-26-39-38-14-7-15-40-46(38)50-47(39)43(27-32)52-42-17-8-16-41(51-40)48(42)50/h1-28H. The van der Waals surface area contributed by atoms with Crippen LogP contribution < -0.4 is 14.4 Å². The molecule has 0 saturated carbocycles. The monoisotopic (exact) mass is 696 g/mol. The van der Waals surface area contributed by atoms with Crippen molar-refractivity contribution in [3.8, 4) is 50.9 Å². The summed E-state index contributed by atoms with van der Waals surface area (Å²) in [5.41, 5.74) is 11.1. The fraction of sp³-hybridized carbons (Fsp3) is 0. The van der Waals surface area contributed by atoms with Crippen molar-refractivity contribution in [3.63, 3.8) is 0 Å². The Labute approximate surface area is 308 Å². The van der Waals surface area contributed by atoms with E-state index in [9.17, 15) is 0 Å². The first kappa shape index (κ1) is 28.8. The Balaban J connectivity index is 1.01. The highest BCUT2D eigenvalue weighted by atomic mass is 32.1. The van der Waals surface area contributed by atoms with Crippen molar-refractivity contribution in [1.82, 2.24) is 4.57 Å². The number of nitrogens with zero attached hydrogens (tertiary/aromatic N) is 2. The maximum atomic E-state index is 6.63. The zero-order valence-electron chi connectivity index (χ0n) is 28.3. The summed E-state index contributed by atoms with van der Waals surface area (Å²) in [4.78, 5) is 2.37. The van der Waals surface area contributed by atoms with Crippen LogP contribution in [-0.4, -0.2) is 4.57 Å². The summed E-state index contributed by atoms with van der Waals surface area (Å²) in [7, 11) is 0. The molecule has 2 aliphatic rings. The number of benzene rings is 8. The number of hydrogen-bond donors (Lipinski definition) is 0.